The van der Waals surface area contributed by atoms with Crippen LogP contribution in [0.1, 0.15) is 11.7 Å². The monoisotopic (exact) mass is 167 g/mol. The lowest BCUT2D eigenvalue weighted by Crippen LogP contribution is -2.25. The van der Waals surface area contributed by atoms with Crippen molar-refractivity contribution in [2.75, 3.05) is 0 Å². The van der Waals surface area contributed by atoms with E-state index < -0.39 is 12.0 Å². The quantitative estimate of drug-likeness (QED) is 0.436. The van der Waals surface area contributed by atoms with Crippen LogP contribution >= 0.6 is 0 Å². The Morgan fingerprint density at radius 2 is 1.92 bits per heavy atom. The summed E-state index contributed by atoms with van der Waals surface area (Å²) in [4.78, 5) is 10.7. The van der Waals surface area contributed by atoms with Crippen molar-refractivity contribution >= 4 is 5.91 Å². The molecule has 0 fully saturated rings. The number of rotatable bonds is 2. The van der Waals surface area contributed by atoms with Gasteiger partial charge in [-0.1, -0.05) is 30.3 Å². The molecule has 0 aliphatic rings. The Balaban J connectivity index is 2.78. The third-order valence-electron chi connectivity index (χ3n) is 1.47. The van der Waals surface area contributed by atoms with Gasteiger partial charge in [0.05, 0.1) is 0 Å². The Labute approximate surface area is 69.4 Å². The second kappa shape index (κ2) is 3.85. The summed E-state index contributed by atoms with van der Waals surface area (Å²) >= 11 is 0. The van der Waals surface area contributed by atoms with E-state index in [0.717, 1.165) is 0 Å². The van der Waals surface area contributed by atoms with Gasteiger partial charge >= 0.3 is 0 Å². The fourth-order valence-electron chi connectivity index (χ4n) is 0.848. The summed E-state index contributed by atoms with van der Waals surface area (Å²) in [6, 6.07) is 8.36. The van der Waals surface area contributed by atoms with Crippen LogP contribution in [0.3, 0.4) is 0 Å². The molecule has 64 valence electrons. The van der Waals surface area contributed by atoms with Gasteiger partial charge in [0.2, 0.25) is 0 Å². The number of hydrogen-bond donors (Lipinski definition) is 3. The van der Waals surface area contributed by atoms with Crippen molar-refractivity contribution in [3.05, 3.63) is 35.9 Å². The molecule has 1 aromatic carbocycles. The second-order valence-electron chi connectivity index (χ2n) is 2.29. The molecule has 0 heterocycles. The Morgan fingerprint density at radius 3 is 2.42 bits per heavy atom. The zero-order valence-corrected chi connectivity index (χ0v) is 6.27. The number of benzene rings is 1. The van der Waals surface area contributed by atoms with Crippen LogP contribution in [0.5, 0.6) is 0 Å². The summed E-state index contributed by atoms with van der Waals surface area (Å²) in [5.74, 6) is -0.832. The summed E-state index contributed by atoms with van der Waals surface area (Å²) in [7, 11) is 0. The van der Waals surface area contributed by atoms with Gasteiger partial charge in [0.25, 0.3) is 5.91 Å². The molecule has 0 spiro atoms. The zero-order valence-electron chi connectivity index (χ0n) is 6.27. The van der Waals surface area contributed by atoms with Gasteiger partial charge in [-0.2, -0.15) is 0 Å². The molecule has 0 saturated heterocycles. The zero-order chi connectivity index (χ0) is 8.97. The number of carbonyl (C=O) groups is 1. The summed E-state index contributed by atoms with van der Waals surface area (Å²) in [5.41, 5.74) is 1.82. The molecule has 1 rings (SSSR count). The Hall–Kier alpha value is -1.39. The number of amides is 1. The maximum atomic E-state index is 10.7. The fourth-order valence-corrected chi connectivity index (χ4v) is 0.848. The number of hydroxylamine groups is 1. The van der Waals surface area contributed by atoms with E-state index in [1.165, 1.54) is 5.48 Å². The van der Waals surface area contributed by atoms with E-state index in [1.54, 1.807) is 30.3 Å². The van der Waals surface area contributed by atoms with Crippen molar-refractivity contribution in [1.29, 1.82) is 0 Å². The largest absolute Gasteiger partial charge is 0.378 e. The Morgan fingerprint density at radius 1 is 1.33 bits per heavy atom. The molecule has 0 aliphatic carbocycles. The number of aliphatic hydroxyl groups is 1. The van der Waals surface area contributed by atoms with Crippen molar-refractivity contribution in [2.45, 2.75) is 6.10 Å². The highest BCUT2D eigenvalue weighted by Crippen LogP contribution is 2.10. The highest BCUT2D eigenvalue weighted by Gasteiger charge is 2.15. The molecule has 0 aliphatic heterocycles. The van der Waals surface area contributed by atoms with E-state index in [4.69, 9.17) is 5.21 Å². The smallest absolute Gasteiger partial charge is 0.276 e. The lowest BCUT2D eigenvalue weighted by atomic mass is 10.1. The average molecular weight is 167 g/mol. The van der Waals surface area contributed by atoms with E-state index in [0.29, 0.717) is 5.56 Å². The van der Waals surface area contributed by atoms with Crippen LogP contribution in [0.25, 0.3) is 0 Å². The molecule has 3 N–H and O–H groups in total. The predicted molar refractivity (Wildman–Crippen MR) is 41.3 cm³/mol. The summed E-state index contributed by atoms with van der Waals surface area (Å²) in [6.07, 6.45) is -1.31. The van der Waals surface area contributed by atoms with Crippen molar-refractivity contribution in [3.8, 4) is 0 Å². The first-order valence-electron chi connectivity index (χ1n) is 3.42. The lowest BCUT2D eigenvalue weighted by molar-refractivity contribution is -0.138. The highest BCUT2D eigenvalue weighted by molar-refractivity contribution is 5.80. The lowest BCUT2D eigenvalue weighted by Gasteiger charge is -2.07. The molecular weight excluding hydrogens is 158 g/mol. The molecule has 0 bridgehead atoms. The van der Waals surface area contributed by atoms with Gasteiger partial charge in [-0.15, -0.1) is 0 Å². The molecule has 1 aromatic rings. The molecule has 1 atom stereocenters. The minimum absolute atomic E-state index is 0.448. The van der Waals surface area contributed by atoms with E-state index in [9.17, 15) is 9.90 Å². The topological polar surface area (TPSA) is 69.6 Å². The third-order valence-corrected chi connectivity index (χ3v) is 1.47. The van der Waals surface area contributed by atoms with Gasteiger partial charge in [0, 0.05) is 0 Å². The van der Waals surface area contributed by atoms with Gasteiger partial charge in [0.15, 0.2) is 6.10 Å². The molecule has 0 saturated carbocycles. The molecule has 1 amide bonds. The third kappa shape index (κ3) is 1.81. The van der Waals surface area contributed by atoms with Crippen LogP contribution in [-0.4, -0.2) is 16.2 Å². The average Bonchev–Trinajstić information content (AvgIpc) is 2.17. The van der Waals surface area contributed by atoms with E-state index in [2.05, 4.69) is 0 Å². The first-order chi connectivity index (χ1) is 5.75. The van der Waals surface area contributed by atoms with Gasteiger partial charge < -0.3 is 5.11 Å². The van der Waals surface area contributed by atoms with Crippen LogP contribution in [0, 0.1) is 0 Å². The van der Waals surface area contributed by atoms with Crippen LogP contribution in [0.15, 0.2) is 30.3 Å². The number of nitrogens with one attached hydrogen (secondary N) is 1. The SMILES string of the molecule is O=C(NO)C(O)c1ccccc1. The van der Waals surface area contributed by atoms with Gasteiger partial charge in [-0.25, -0.2) is 5.48 Å². The molecular formula is C8H9NO3. The summed E-state index contributed by atoms with van der Waals surface area (Å²) < 4.78 is 0. The standard InChI is InChI=1S/C8H9NO3/c10-7(8(11)9-12)6-4-2-1-3-5-6/h1-5,7,10,12H,(H,9,11). The normalized spacial score (nSPS) is 12.2. The van der Waals surface area contributed by atoms with Crippen molar-refractivity contribution < 1.29 is 15.1 Å². The molecule has 1 unspecified atom stereocenters. The van der Waals surface area contributed by atoms with Crippen LogP contribution < -0.4 is 5.48 Å². The Kier molecular flexibility index (Phi) is 2.79. The van der Waals surface area contributed by atoms with Crippen LogP contribution in [0.4, 0.5) is 0 Å². The van der Waals surface area contributed by atoms with E-state index in [1.807, 2.05) is 0 Å². The highest BCUT2D eigenvalue weighted by atomic mass is 16.5. The molecule has 4 heteroatoms. The van der Waals surface area contributed by atoms with Crippen molar-refractivity contribution in [2.24, 2.45) is 0 Å². The number of aliphatic hydroxyl groups excluding tert-OH is 1. The Bertz CT molecular complexity index is 260. The summed E-state index contributed by atoms with van der Waals surface area (Å²) in [5, 5.41) is 17.4. The van der Waals surface area contributed by atoms with E-state index in [-0.39, 0.29) is 0 Å². The molecule has 4 nitrogen and oxygen atoms in total. The van der Waals surface area contributed by atoms with Crippen molar-refractivity contribution in [3.63, 3.8) is 0 Å². The molecule has 0 radical (unpaired) electrons. The van der Waals surface area contributed by atoms with E-state index >= 15 is 0 Å². The first kappa shape index (κ1) is 8.70. The van der Waals surface area contributed by atoms with Gasteiger partial charge in [-0.05, 0) is 5.56 Å². The van der Waals surface area contributed by atoms with Gasteiger partial charge in [0.1, 0.15) is 0 Å². The maximum Gasteiger partial charge on any atom is 0.276 e. The minimum atomic E-state index is -1.31. The molecule has 12 heavy (non-hydrogen) atoms. The number of hydrogen-bond acceptors (Lipinski definition) is 3. The first-order valence-corrected chi connectivity index (χ1v) is 3.42. The van der Waals surface area contributed by atoms with Crippen LogP contribution in [-0.2, 0) is 4.79 Å². The minimum Gasteiger partial charge on any atom is -0.378 e. The maximum absolute atomic E-state index is 10.7. The summed E-state index contributed by atoms with van der Waals surface area (Å²) in [6.45, 7) is 0. The molecule has 0 aromatic heterocycles. The number of carbonyl (C=O) groups excluding carboxylic acids is 1. The van der Waals surface area contributed by atoms with Gasteiger partial charge in [-0.3, -0.25) is 10.0 Å². The second-order valence-corrected chi connectivity index (χ2v) is 2.29. The van der Waals surface area contributed by atoms with Crippen LogP contribution in [0.2, 0.25) is 0 Å². The van der Waals surface area contributed by atoms with Crippen molar-refractivity contribution in [1.82, 2.24) is 5.48 Å². The predicted octanol–water partition coefficient (Wildman–Crippen LogP) is 0.225. The fraction of sp³-hybridized carbons (Fsp3) is 0.125.